The lowest BCUT2D eigenvalue weighted by atomic mass is 10.2. The summed E-state index contributed by atoms with van der Waals surface area (Å²) >= 11 is 0. The zero-order valence-electron chi connectivity index (χ0n) is 8.03. The molecule has 2 aromatic rings. The molecule has 2 heterocycles. The number of anilines is 1. The lowest BCUT2D eigenvalue weighted by Gasteiger charge is -1.88. The molecule has 0 amide bonds. The second kappa shape index (κ2) is 3.89. The number of hydrogen-bond acceptors (Lipinski definition) is 4. The molecule has 0 unspecified atom stereocenters. The Balaban J connectivity index is 0.000000396. The van der Waals surface area contributed by atoms with Crippen molar-refractivity contribution in [3.63, 3.8) is 0 Å². The van der Waals surface area contributed by atoms with E-state index in [1.165, 1.54) is 0 Å². The fraction of sp³-hybridized carbons (Fsp3) is 0.333. The van der Waals surface area contributed by atoms with E-state index in [4.69, 9.17) is 10.3 Å². The van der Waals surface area contributed by atoms with Crippen molar-refractivity contribution in [2.45, 2.75) is 20.8 Å². The monoisotopic (exact) mass is 179 g/mol. The quantitative estimate of drug-likeness (QED) is 0.672. The molecule has 13 heavy (non-hydrogen) atoms. The minimum Gasteiger partial charge on any atom is -0.380 e. The van der Waals surface area contributed by atoms with Crippen LogP contribution in [0.25, 0.3) is 11.1 Å². The van der Waals surface area contributed by atoms with Gasteiger partial charge in [0.1, 0.15) is 0 Å². The number of hydrogen-bond donors (Lipinski definition) is 1. The molecule has 2 rings (SSSR count). The highest BCUT2D eigenvalue weighted by Crippen LogP contribution is 2.18. The summed E-state index contributed by atoms with van der Waals surface area (Å²) < 4.78 is 4.82. The number of nitrogens with zero attached hydrogens (tertiary/aromatic N) is 2. The van der Waals surface area contributed by atoms with E-state index in [2.05, 4.69) is 10.1 Å². The summed E-state index contributed by atoms with van der Waals surface area (Å²) in [4.78, 5) is 3.99. The second-order valence-corrected chi connectivity index (χ2v) is 2.43. The lowest BCUT2D eigenvalue weighted by molar-refractivity contribution is 0.452. The van der Waals surface area contributed by atoms with Gasteiger partial charge in [-0.05, 0) is 18.6 Å². The molecule has 0 aromatic carbocycles. The van der Waals surface area contributed by atoms with Gasteiger partial charge in [0.25, 0.3) is 5.71 Å². The molecule has 0 aliphatic rings. The smallest absolute Gasteiger partial charge is 0.259 e. The number of fused-ring (bicyclic) bond motifs is 1. The second-order valence-electron chi connectivity index (χ2n) is 2.43. The highest BCUT2D eigenvalue weighted by molar-refractivity contribution is 5.84. The average molecular weight is 179 g/mol. The van der Waals surface area contributed by atoms with Crippen molar-refractivity contribution in [1.82, 2.24) is 10.1 Å². The minimum absolute atomic E-state index is 0.399. The van der Waals surface area contributed by atoms with Crippen LogP contribution >= 0.6 is 0 Å². The molecular formula is C9H13N3O. The van der Waals surface area contributed by atoms with Crippen molar-refractivity contribution in [1.29, 1.82) is 0 Å². The average Bonchev–Trinajstić information content (AvgIpc) is 2.52. The molecule has 2 aromatic heterocycles. The number of aromatic nitrogens is 2. The summed E-state index contributed by atoms with van der Waals surface area (Å²) in [6, 6.07) is 1.90. The van der Waals surface area contributed by atoms with Gasteiger partial charge in [0, 0.05) is 6.20 Å². The Kier molecular flexibility index (Phi) is 2.84. The highest BCUT2D eigenvalue weighted by atomic mass is 16.5. The van der Waals surface area contributed by atoms with E-state index in [1.807, 2.05) is 26.8 Å². The third kappa shape index (κ3) is 1.77. The predicted octanol–water partition coefficient (Wildman–Crippen LogP) is 2.14. The van der Waals surface area contributed by atoms with Crippen molar-refractivity contribution in [3.8, 4) is 0 Å². The molecule has 0 aliphatic carbocycles. The number of rotatable bonds is 0. The Bertz CT molecular complexity index is 395. The zero-order chi connectivity index (χ0) is 9.84. The van der Waals surface area contributed by atoms with Crippen LogP contribution in [0.2, 0.25) is 0 Å². The molecule has 0 radical (unpaired) electrons. The number of nitrogens with two attached hydrogens (primary N) is 1. The first kappa shape index (κ1) is 9.51. The lowest BCUT2D eigenvalue weighted by Crippen LogP contribution is -1.84. The Morgan fingerprint density at radius 1 is 1.38 bits per heavy atom. The topological polar surface area (TPSA) is 64.9 Å². The predicted molar refractivity (Wildman–Crippen MR) is 52.3 cm³/mol. The van der Waals surface area contributed by atoms with Gasteiger partial charge in [0.05, 0.1) is 5.39 Å². The molecule has 4 heteroatoms. The molecule has 0 atom stereocenters. The van der Waals surface area contributed by atoms with Crippen LogP contribution in [0.4, 0.5) is 5.82 Å². The first-order chi connectivity index (χ1) is 6.27. The maximum absolute atomic E-state index is 5.50. The van der Waals surface area contributed by atoms with Gasteiger partial charge in [-0.25, -0.2) is 4.98 Å². The van der Waals surface area contributed by atoms with Crippen molar-refractivity contribution >= 4 is 16.9 Å². The van der Waals surface area contributed by atoms with Crippen LogP contribution < -0.4 is 5.73 Å². The van der Waals surface area contributed by atoms with Crippen LogP contribution in [-0.4, -0.2) is 10.1 Å². The maximum Gasteiger partial charge on any atom is 0.259 e. The third-order valence-electron chi connectivity index (χ3n) is 1.49. The van der Waals surface area contributed by atoms with Gasteiger partial charge in [-0.2, -0.15) is 0 Å². The van der Waals surface area contributed by atoms with Crippen LogP contribution in [0.5, 0.6) is 0 Å². The summed E-state index contributed by atoms with van der Waals surface area (Å²) in [5.41, 5.74) is 7.04. The van der Waals surface area contributed by atoms with Gasteiger partial charge in [0.15, 0.2) is 5.82 Å². The van der Waals surface area contributed by atoms with E-state index in [9.17, 15) is 0 Å². The van der Waals surface area contributed by atoms with Crippen molar-refractivity contribution < 1.29 is 4.52 Å². The normalized spacial score (nSPS) is 9.46. The Hall–Kier alpha value is -1.58. The molecule has 70 valence electrons. The molecule has 0 aliphatic heterocycles. The summed E-state index contributed by atoms with van der Waals surface area (Å²) in [5.74, 6) is 0.399. The maximum atomic E-state index is 5.50. The molecule has 0 saturated carbocycles. The number of nitrogen functional groups attached to an aromatic ring is 1. The summed E-state index contributed by atoms with van der Waals surface area (Å²) in [6.45, 7) is 5.94. The molecule has 0 fully saturated rings. The van der Waals surface area contributed by atoms with E-state index in [0.29, 0.717) is 11.5 Å². The van der Waals surface area contributed by atoms with Crippen molar-refractivity contribution in [3.05, 3.63) is 17.8 Å². The highest BCUT2D eigenvalue weighted by Gasteiger charge is 2.04. The van der Waals surface area contributed by atoms with Crippen LogP contribution in [0.3, 0.4) is 0 Å². The van der Waals surface area contributed by atoms with Gasteiger partial charge in [-0.1, -0.05) is 19.0 Å². The van der Waals surface area contributed by atoms with E-state index in [-0.39, 0.29) is 0 Å². The van der Waals surface area contributed by atoms with E-state index >= 15 is 0 Å². The SMILES string of the molecule is CC.Cc1cnc2onc(N)c2c1. The summed E-state index contributed by atoms with van der Waals surface area (Å²) in [5, 5.41) is 4.36. The molecule has 0 bridgehead atoms. The van der Waals surface area contributed by atoms with Gasteiger partial charge in [-0.3, -0.25) is 0 Å². The summed E-state index contributed by atoms with van der Waals surface area (Å²) in [6.07, 6.45) is 1.72. The molecule has 4 nitrogen and oxygen atoms in total. The fourth-order valence-corrected chi connectivity index (χ4v) is 0.954. The minimum atomic E-state index is 0.399. The van der Waals surface area contributed by atoms with E-state index in [1.54, 1.807) is 6.20 Å². The molecule has 2 N–H and O–H groups in total. The van der Waals surface area contributed by atoms with Gasteiger partial charge >= 0.3 is 0 Å². The van der Waals surface area contributed by atoms with Gasteiger partial charge < -0.3 is 10.3 Å². The first-order valence-electron chi connectivity index (χ1n) is 4.25. The van der Waals surface area contributed by atoms with Crippen molar-refractivity contribution in [2.75, 3.05) is 5.73 Å². The van der Waals surface area contributed by atoms with Gasteiger partial charge in [-0.15, -0.1) is 0 Å². The number of pyridine rings is 1. The third-order valence-corrected chi connectivity index (χ3v) is 1.49. The molecular weight excluding hydrogens is 166 g/mol. The van der Waals surface area contributed by atoms with E-state index in [0.717, 1.165) is 10.9 Å². The van der Waals surface area contributed by atoms with Crippen molar-refractivity contribution in [2.24, 2.45) is 0 Å². The zero-order valence-corrected chi connectivity index (χ0v) is 8.03. The molecule has 0 saturated heterocycles. The standard InChI is InChI=1S/C7H7N3O.C2H6/c1-4-2-5-6(8)10-11-7(5)9-3-4;1-2/h2-3H,1H3,(H2,8,10);1-2H3. The van der Waals surface area contributed by atoms with Crippen LogP contribution in [-0.2, 0) is 0 Å². The Morgan fingerprint density at radius 2 is 2.08 bits per heavy atom. The first-order valence-corrected chi connectivity index (χ1v) is 4.25. The Morgan fingerprint density at radius 3 is 2.77 bits per heavy atom. The molecule has 0 spiro atoms. The Labute approximate surface area is 76.7 Å². The fourth-order valence-electron chi connectivity index (χ4n) is 0.954. The van der Waals surface area contributed by atoms with E-state index < -0.39 is 0 Å². The summed E-state index contributed by atoms with van der Waals surface area (Å²) in [7, 11) is 0. The van der Waals surface area contributed by atoms with Crippen LogP contribution in [0, 0.1) is 6.92 Å². The van der Waals surface area contributed by atoms with Crippen LogP contribution in [0.1, 0.15) is 19.4 Å². The largest absolute Gasteiger partial charge is 0.380 e. The number of aryl methyl sites for hydroxylation is 1. The van der Waals surface area contributed by atoms with Gasteiger partial charge in [0.2, 0.25) is 0 Å². The van der Waals surface area contributed by atoms with Crippen LogP contribution in [0.15, 0.2) is 16.8 Å².